The summed E-state index contributed by atoms with van der Waals surface area (Å²) in [6.45, 7) is 1.91. The van der Waals surface area contributed by atoms with Crippen molar-refractivity contribution in [3.63, 3.8) is 0 Å². The molecule has 4 unspecified atom stereocenters. The third-order valence-electron chi connectivity index (χ3n) is 5.49. The van der Waals surface area contributed by atoms with Crippen molar-refractivity contribution < 1.29 is 19.5 Å². The van der Waals surface area contributed by atoms with Crippen LogP contribution in [0.15, 0.2) is 54.6 Å². The van der Waals surface area contributed by atoms with Gasteiger partial charge < -0.3 is 5.11 Å². The Labute approximate surface area is 150 Å². The van der Waals surface area contributed by atoms with Gasteiger partial charge in [0.05, 0.1) is 11.8 Å². The molecule has 2 amide bonds. The van der Waals surface area contributed by atoms with E-state index in [2.05, 4.69) is 10.6 Å². The van der Waals surface area contributed by atoms with Crippen LogP contribution in [0.3, 0.4) is 0 Å². The highest BCUT2D eigenvalue weighted by Crippen LogP contribution is 2.51. The van der Waals surface area contributed by atoms with Crippen LogP contribution < -0.4 is 10.6 Å². The van der Waals surface area contributed by atoms with E-state index in [9.17, 15) is 19.5 Å². The van der Waals surface area contributed by atoms with Gasteiger partial charge in [0.2, 0.25) is 11.8 Å². The number of nitrogens with one attached hydrogen (secondary N) is 2. The summed E-state index contributed by atoms with van der Waals surface area (Å²) < 4.78 is 0. The molecule has 0 aromatic heterocycles. The van der Waals surface area contributed by atoms with Crippen molar-refractivity contribution >= 4 is 17.8 Å². The fourth-order valence-corrected chi connectivity index (χ4v) is 4.32. The number of fused-ring (bicyclic) bond motifs is 1. The summed E-state index contributed by atoms with van der Waals surface area (Å²) >= 11 is 0. The van der Waals surface area contributed by atoms with E-state index in [1.165, 1.54) is 0 Å². The van der Waals surface area contributed by atoms with Crippen LogP contribution in [0.5, 0.6) is 0 Å². The lowest BCUT2D eigenvalue weighted by molar-refractivity contribution is -0.149. The second-order valence-electron chi connectivity index (χ2n) is 6.81. The smallest absolute Gasteiger partial charge is 0.329 e. The molecule has 2 fully saturated rings. The number of carbonyl (C=O) groups is 3. The summed E-state index contributed by atoms with van der Waals surface area (Å²) in [6, 6.07) is 15.5. The molecule has 2 aliphatic heterocycles. The van der Waals surface area contributed by atoms with Crippen molar-refractivity contribution in [3.05, 3.63) is 71.3 Å². The van der Waals surface area contributed by atoms with Gasteiger partial charge >= 0.3 is 5.97 Å². The summed E-state index contributed by atoms with van der Waals surface area (Å²) in [6.07, 6.45) is 0. The topological polar surface area (TPSA) is 95.5 Å². The van der Waals surface area contributed by atoms with Crippen LogP contribution in [0.1, 0.15) is 22.7 Å². The number of carboxylic acids is 1. The minimum absolute atomic E-state index is 0.431. The number of amides is 2. The molecule has 2 aromatic rings. The quantitative estimate of drug-likeness (QED) is 0.730. The molecule has 0 spiro atoms. The van der Waals surface area contributed by atoms with Crippen molar-refractivity contribution in [2.75, 3.05) is 0 Å². The first-order chi connectivity index (χ1) is 12.5. The average molecular weight is 350 g/mol. The zero-order valence-corrected chi connectivity index (χ0v) is 14.1. The molecule has 0 aliphatic carbocycles. The van der Waals surface area contributed by atoms with Crippen LogP contribution in [0.4, 0.5) is 0 Å². The molecule has 132 valence electrons. The van der Waals surface area contributed by atoms with Crippen LogP contribution >= 0.6 is 0 Å². The zero-order valence-electron chi connectivity index (χ0n) is 14.1. The molecule has 2 heterocycles. The van der Waals surface area contributed by atoms with E-state index in [1.54, 1.807) is 30.3 Å². The number of aliphatic carboxylic acids is 1. The fourth-order valence-electron chi connectivity index (χ4n) is 4.32. The first-order valence-electron chi connectivity index (χ1n) is 8.43. The Morgan fingerprint density at radius 1 is 1.00 bits per heavy atom. The van der Waals surface area contributed by atoms with Crippen molar-refractivity contribution in [2.45, 2.75) is 18.5 Å². The van der Waals surface area contributed by atoms with Crippen LogP contribution in [0.2, 0.25) is 0 Å². The maximum absolute atomic E-state index is 12.6. The van der Waals surface area contributed by atoms with Gasteiger partial charge in [-0.25, -0.2) is 4.79 Å². The van der Waals surface area contributed by atoms with E-state index in [4.69, 9.17) is 0 Å². The highest BCUT2D eigenvalue weighted by atomic mass is 16.4. The number of hydrogen-bond donors (Lipinski definition) is 3. The highest BCUT2D eigenvalue weighted by molar-refractivity contribution is 6.09. The largest absolute Gasteiger partial charge is 0.480 e. The Bertz CT molecular complexity index is 911. The fraction of sp³-hybridized carbons (Fsp3) is 0.250. The van der Waals surface area contributed by atoms with Crippen LogP contribution in [-0.4, -0.2) is 22.9 Å². The van der Waals surface area contributed by atoms with Crippen molar-refractivity contribution in [3.8, 4) is 0 Å². The van der Waals surface area contributed by atoms with Gasteiger partial charge in [-0.3, -0.25) is 20.2 Å². The minimum Gasteiger partial charge on any atom is -0.480 e. The third-order valence-corrected chi connectivity index (χ3v) is 5.49. The molecule has 0 bridgehead atoms. The van der Waals surface area contributed by atoms with Crippen molar-refractivity contribution in [1.29, 1.82) is 0 Å². The molecule has 3 N–H and O–H groups in total. The molecular formula is C20H18N2O4. The van der Waals surface area contributed by atoms with Gasteiger partial charge in [-0.15, -0.1) is 0 Å². The van der Waals surface area contributed by atoms with E-state index in [0.29, 0.717) is 5.56 Å². The van der Waals surface area contributed by atoms with E-state index < -0.39 is 41.2 Å². The van der Waals surface area contributed by atoms with Crippen molar-refractivity contribution in [2.24, 2.45) is 11.8 Å². The summed E-state index contributed by atoms with van der Waals surface area (Å²) in [5.74, 6) is -3.94. The number of hydrogen-bond acceptors (Lipinski definition) is 4. The summed E-state index contributed by atoms with van der Waals surface area (Å²) in [4.78, 5) is 37.6. The highest BCUT2D eigenvalue weighted by Gasteiger charge is 2.67. The lowest BCUT2D eigenvalue weighted by Gasteiger charge is -2.30. The molecule has 4 rings (SSSR count). The van der Waals surface area contributed by atoms with E-state index in [-0.39, 0.29) is 0 Å². The monoisotopic (exact) mass is 350 g/mol. The van der Waals surface area contributed by atoms with Gasteiger partial charge in [0.1, 0.15) is 0 Å². The Balaban J connectivity index is 1.94. The molecule has 26 heavy (non-hydrogen) atoms. The molecule has 6 nitrogen and oxygen atoms in total. The molecular weight excluding hydrogens is 332 g/mol. The molecule has 2 saturated heterocycles. The van der Waals surface area contributed by atoms with Gasteiger partial charge in [0.25, 0.3) is 0 Å². The van der Waals surface area contributed by atoms with Gasteiger partial charge in [-0.1, -0.05) is 54.6 Å². The summed E-state index contributed by atoms with van der Waals surface area (Å²) in [5, 5.41) is 15.6. The maximum Gasteiger partial charge on any atom is 0.329 e. The van der Waals surface area contributed by atoms with Crippen molar-refractivity contribution in [1.82, 2.24) is 10.6 Å². The third kappa shape index (κ3) is 2.12. The second-order valence-corrected chi connectivity index (χ2v) is 6.81. The molecule has 2 aromatic carbocycles. The normalized spacial score (nSPS) is 30.1. The van der Waals surface area contributed by atoms with E-state index in [1.807, 2.05) is 31.2 Å². The number of aryl methyl sites for hydroxylation is 1. The predicted octanol–water partition coefficient (Wildman–Crippen LogP) is 1.51. The molecule has 2 aliphatic rings. The first kappa shape index (κ1) is 16.5. The molecule has 6 heteroatoms. The van der Waals surface area contributed by atoms with Crippen LogP contribution in [0.25, 0.3) is 0 Å². The Hall–Kier alpha value is -2.99. The van der Waals surface area contributed by atoms with Gasteiger partial charge in [0, 0.05) is 6.04 Å². The summed E-state index contributed by atoms with van der Waals surface area (Å²) in [7, 11) is 0. The number of rotatable bonds is 3. The first-order valence-corrected chi connectivity index (χ1v) is 8.43. The SMILES string of the molecule is Cc1ccccc1C1NC(C(=O)O)(c2ccccc2)C2C(=O)NC(=O)C12. The minimum atomic E-state index is -1.66. The Morgan fingerprint density at radius 3 is 2.31 bits per heavy atom. The zero-order chi connectivity index (χ0) is 18.5. The Kier molecular flexibility index (Phi) is 3.66. The second kappa shape index (κ2) is 5.78. The lowest BCUT2D eigenvalue weighted by atomic mass is 9.75. The number of carboxylic acid groups (broad SMARTS) is 1. The lowest BCUT2D eigenvalue weighted by Crippen LogP contribution is -2.52. The van der Waals surface area contributed by atoms with Crippen LogP contribution in [-0.2, 0) is 19.9 Å². The molecule has 0 saturated carbocycles. The standard InChI is InChI=1S/C20H18N2O4/c1-11-7-5-6-10-13(11)16-14-15(18(24)21-17(14)23)20(22-16,19(25)26)12-8-3-2-4-9-12/h2-10,14-16,22H,1H3,(H,25,26)(H,21,23,24). The number of imide groups is 1. The van der Waals surface area contributed by atoms with Gasteiger partial charge in [-0.2, -0.15) is 0 Å². The summed E-state index contributed by atoms with van der Waals surface area (Å²) in [5.41, 5.74) is 0.565. The molecule has 4 atom stereocenters. The number of carbonyl (C=O) groups excluding carboxylic acids is 2. The van der Waals surface area contributed by atoms with Crippen LogP contribution in [0, 0.1) is 18.8 Å². The van der Waals surface area contributed by atoms with Gasteiger partial charge in [-0.05, 0) is 23.6 Å². The maximum atomic E-state index is 12.6. The van der Waals surface area contributed by atoms with Gasteiger partial charge in [0.15, 0.2) is 5.54 Å². The van der Waals surface area contributed by atoms with E-state index in [0.717, 1.165) is 11.1 Å². The Morgan fingerprint density at radius 2 is 1.65 bits per heavy atom. The number of benzene rings is 2. The molecule has 0 radical (unpaired) electrons. The average Bonchev–Trinajstić information content (AvgIpc) is 3.14. The predicted molar refractivity (Wildman–Crippen MR) is 92.9 cm³/mol. The van der Waals surface area contributed by atoms with E-state index >= 15 is 0 Å².